The monoisotopic (exact) mass is 266 g/mol. The molecule has 106 valence electrons. The molecule has 0 bridgehead atoms. The van der Waals surface area contributed by atoms with Crippen LogP contribution < -0.4 is 10.6 Å². The Hall–Kier alpha value is -1.59. The van der Waals surface area contributed by atoms with E-state index in [1.807, 2.05) is 38.1 Å². The van der Waals surface area contributed by atoms with Crippen LogP contribution in [0, 0.1) is 0 Å². The fraction of sp³-hybridized carbons (Fsp3) is 0.500. The van der Waals surface area contributed by atoms with Crippen molar-refractivity contribution in [3.05, 3.63) is 29.8 Å². The van der Waals surface area contributed by atoms with E-state index in [0.29, 0.717) is 19.6 Å². The summed E-state index contributed by atoms with van der Waals surface area (Å²) in [7, 11) is 0. The standard InChI is InChI=1S/C14H22N2O3/c1-3-19-10-12-6-4-5-7-13(12)16-14(18)15-11(2)8-9-17/h4-7,11,17H,3,8-10H2,1-2H3,(H2,15,16,18)/t11-/m1/s1. The van der Waals surface area contributed by atoms with Gasteiger partial charge in [0, 0.05) is 30.5 Å². The second-order valence-electron chi connectivity index (χ2n) is 4.31. The number of hydrogen-bond donors (Lipinski definition) is 3. The topological polar surface area (TPSA) is 70.6 Å². The Bertz CT molecular complexity index is 396. The maximum absolute atomic E-state index is 11.8. The highest BCUT2D eigenvalue weighted by Crippen LogP contribution is 2.15. The molecule has 0 unspecified atom stereocenters. The van der Waals surface area contributed by atoms with E-state index in [0.717, 1.165) is 11.3 Å². The average Bonchev–Trinajstić information content (AvgIpc) is 2.37. The van der Waals surface area contributed by atoms with Crippen molar-refractivity contribution >= 4 is 11.7 Å². The highest BCUT2D eigenvalue weighted by atomic mass is 16.5. The van der Waals surface area contributed by atoms with Crippen LogP contribution >= 0.6 is 0 Å². The number of ether oxygens (including phenoxy) is 1. The molecular formula is C14H22N2O3. The van der Waals surface area contributed by atoms with E-state index in [-0.39, 0.29) is 18.7 Å². The van der Waals surface area contributed by atoms with Gasteiger partial charge in [0.15, 0.2) is 0 Å². The summed E-state index contributed by atoms with van der Waals surface area (Å²) in [5, 5.41) is 14.4. The van der Waals surface area contributed by atoms with Crippen LogP contribution in [-0.4, -0.2) is 30.4 Å². The Morgan fingerprint density at radius 2 is 2.16 bits per heavy atom. The van der Waals surface area contributed by atoms with Crippen LogP contribution in [0.25, 0.3) is 0 Å². The van der Waals surface area contributed by atoms with E-state index in [4.69, 9.17) is 9.84 Å². The van der Waals surface area contributed by atoms with Gasteiger partial charge in [-0.25, -0.2) is 4.79 Å². The summed E-state index contributed by atoms with van der Waals surface area (Å²) in [6.45, 7) is 4.94. The molecule has 1 aromatic rings. The smallest absolute Gasteiger partial charge is 0.319 e. The summed E-state index contributed by atoms with van der Waals surface area (Å²) in [5.74, 6) is 0. The zero-order chi connectivity index (χ0) is 14.1. The van der Waals surface area contributed by atoms with Gasteiger partial charge >= 0.3 is 6.03 Å². The molecule has 0 aliphatic heterocycles. The summed E-state index contributed by atoms with van der Waals surface area (Å²) in [6.07, 6.45) is 0.536. The van der Waals surface area contributed by atoms with Crippen LogP contribution in [0.15, 0.2) is 24.3 Å². The molecular weight excluding hydrogens is 244 g/mol. The van der Waals surface area contributed by atoms with Gasteiger partial charge in [-0.2, -0.15) is 0 Å². The molecule has 2 amide bonds. The minimum absolute atomic E-state index is 0.0579. The largest absolute Gasteiger partial charge is 0.396 e. The first-order valence-electron chi connectivity index (χ1n) is 6.51. The third-order valence-corrected chi connectivity index (χ3v) is 2.67. The number of aliphatic hydroxyl groups excluding tert-OH is 1. The lowest BCUT2D eigenvalue weighted by Crippen LogP contribution is -2.36. The predicted molar refractivity (Wildman–Crippen MR) is 75.1 cm³/mol. The van der Waals surface area contributed by atoms with Crippen molar-refractivity contribution in [1.82, 2.24) is 5.32 Å². The van der Waals surface area contributed by atoms with Crippen molar-refractivity contribution in [3.63, 3.8) is 0 Å². The van der Waals surface area contributed by atoms with Crippen molar-refractivity contribution in [2.75, 3.05) is 18.5 Å². The van der Waals surface area contributed by atoms with E-state index in [1.54, 1.807) is 0 Å². The lowest BCUT2D eigenvalue weighted by molar-refractivity contribution is 0.134. The number of amides is 2. The fourth-order valence-electron chi connectivity index (χ4n) is 1.63. The lowest BCUT2D eigenvalue weighted by Gasteiger charge is -2.15. The molecule has 0 aliphatic rings. The highest BCUT2D eigenvalue weighted by molar-refractivity contribution is 5.90. The molecule has 1 atom stereocenters. The number of hydrogen-bond acceptors (Lipinski definition) is 3. The maximum atomic E-state index is 11.8. The van der Waals surface area contributed by atoms with Gasteiger partial charge in [-0.15, -0.1) is 0 Å². The summed E-state index contributed by atoms with van der Waals surface area (Å²) < 4.78 is 5.36. The first-order chi connectivity index (χ1) is 9.17. The normalized spacial score (nSPS) is 11.9. The summed E-state index contributed by atoms with van der Waals surface area (Å²) in [5.41, 5.74) is 1.68. The van der Waals surface area contributed by atoms with E-state index in [1.165, 1.54) is 0 Å². The molecule has 5 heteroatoms. The highest BCUT2D eigenvalue weighted by Gasteiger charge is 2.09. The molecule has 0 aromatic heterocycles. The molecule has 5 nitrogen and oxygen atoms in total. The van der Waals surface area contributed by atoms with Crippen LogP contribution in [0.3, 0.4) is 0 Å². The van der Waals surface area contributed by atoms with Crippen molar-refractivity contribution in [2.45, 2.75) is 32.9 Å². The summed E-state index contributed by atoms with van der Waals surface area (Å²) in [6, 6.07) is 7.19. The molecule has 0 saturated heterocycles. The zero-order valence-corrected chi connectivity index (χ0v) is 11.5. The number of anilines is 1. The lowest BCUT2D eigenvalue weighted by atomic mass is 10.2. The fourth-order valence-corrected chi connectivity index (χ4v) is 1.63. The molecule has 19 heavy (non-hydrogen) atoms. The first kappa shape index (κ1) is 15.5. The van der Waals surface area contributed by atoms with Crippen LogP contribution in [0.2, 0.25) is 0 Å². The van der Waals surface area contributed by atoms with Gasteiger partial charge < -0.3 is 20.5 Å². The van der Waals surface area contributed by atoms with E-state index >= 15 is 0 Å². The average molecular weight is 266 g/mol. The molecule has 0 saturated carbocycles. The molecule has 1 aromatic carbocycles. The first-order valence-corrected chi connectivity index (χ1v) is 6.51. The van der Waals surface area contributed by atoms with E-state index < -0.39 is 0 Å². The predicted octanol–water partition coefficient (Wildman–Crippen LogP) is 2.12. The molecule has 0 aliphatic carbocycles. The molecule has 0 fully saturated rings. The Labute approximate surface area is 114 Å². The number of carbonyl (C=O) groups excluding carboxylic acids is 1. The van der Waals surface area contributed by atoms with Crippen LogP contribution in [0.5, 0.6) is 0 Å². The van der Waals surface area contributed by atoms with E-state index in [9.17, 15) is 4.79 Å². The van der Waals surface area contributed by atoms with Crippen molar-refractivity contribution < 1.29 is 14.6 Å². The summed E-state index contributed by atoms with van der Waals surface area (Å²) >= 11 is 0. The maximum Gasteiger partial charge on any atom is 0.319 e. The van der Waals surface area contributed by atoms with Crippen LogP contribution in [0.4, 0.5) is 10.5 Å². The SMILES string of the molecule is CCOCc1ccccc1NC(=O)N[C@H](C)CCO. The molecule has 0 heterocycles. The number of aliphatic hydroxyl groups is 1. The molecule has 3 N–H and O–H groups in total. The Morgan fingerprint density at radius 3 is 2.84 bits per heavy atom. The quantitative estimate of drug-likeness (QED) is 0.708. The van der Waals surface area contributed by atoms with Crippen molar-refractivity contribution in [3.8, 4) is 0 Å². The van der Waals surface area contributed by atoms with Crippen LogP contribution in [0.1, 0.15) is 25.8 Å². The number of nitrogens with one attached hydrogen (secondary N) is 2. The van der Waals surface area contributed by atoms with Gasteiger partial charge in [-0.05, 0) is 26.3 Å². The van der Waals surface area contributed by atoms with Gasteiger partial charge in [0.25, 0.3) is 0 Å². The van der Waals surface area contributed by atoms with Crippen molar-refractivity contribution in [2.24, 2.45) is 0 Å². The van der Waals surface area contributed by atoms with Gasteiger partial charge in [0.2, 0.25) is 0 Å². The second-order valence-corrected chi connectivity index (χ2v) is 4.31. The van der Waals surface area contributed by atoms with E-state index in [2.05, 4.69) is 10.6 Å². The minimum atomic E-state index is -0.273. The van der Waals surface area contributed by atoms with Gasteiger partial charge in [-0.3, -0.25) is 0 Å². The number of rotatable bonds is 7. The second kappa shape index (κ2) is 8.50. The minimum Gasteiger partial charge on any atom is -0.396 e. The Morgan fingerprint density at radius 1 is 1.42 bits per heavy atom. The zero-order valence-electron chi connectivity index (χ0n) is 11.5. The van der Waals surface area contributed by atoms with Crippen molar-refractivity contribution in [1.29, 1.82) is 0 Å². The molecule has 0 spiro atoms. The number of benzene rings is 1. The Balaban J connectivity index is 2.58. The Kier molecular flexibility index (Phi) is 6.92. The van der Waals surface area contributed by atoms with Gasteiger partial charge in [-0.1, -0.05) is 18.2 Å². The van der Waals surface area contributed by atoms with Gasteiger partial charge in [0.05, 0.1) is 6.61 Å². The third kappa shape index (κ3) is 5.72. The number of urea groups is 1. The summed E-state index contributed by atoms with van der Waals surface area (Å²) in [4.78, 5) is 11.8. The molecule has 0 radical (unpaired) electrons. The number of para-hydroxylation sites is 1. The third-order valence-electron chi connectivity index (χ3n) is 2.67. The van der Waals surface area contributed by atoms with Gasteiger partial charge in [0.1, 0.15) is 0 Å². The number of carbonyl (C=O) groups is 1. The molecule has 1 rings (SSSR count). The van der Waals surface area contributed by atoms with Crippen LogP contribution in [-0.2, 0) is 11.3 Å².